The lowest BCUT2D eigenvalue weighted by molar-refractivity contribution is 0.0699. The molecule has 0 amide bonds. The monoisotopic (exact) mass is 308 g/mol. The molecule has 112 valence electrons. The van der Waals surface area contributed by atoms with Crippen molar-refractivity contribution >= 4 is 26.8 Å². The first-order valence-corrected chi connectivity index (χ1v) is 8.68. The lowest BCUT2D eigenvalue weighted by Gasteiger charge is -2.14. The molecule has 1 aliphatic heterocycles. The van der Waals surface area contributed by atoms with Gasteiger partial charge in [-0.05, 0) is 18.6 Å². The van der Waals surface area contributed by atoms with Crippen LogP contribution in [-0.4, -0.2) is 40.6 Å². The van der Waals surface area contributed by atoms with Crippen molar-refractivity contribution in [3.63, 3.8) is 0 Å². The molecule has 0 bridgehead atoms. The highest BCUT2D eigenvalue weighted by molar-refractivity contribution is 7.91. The summed E-state index contributed by atoms with van der Waals surface area (Å²) in [5.74, 6) is -0.00486. The van der Waals surface area contributed by atoms with E-state index in [1.54, 1.807) is 12.1 Å². The Morgan fingerprint density at radius 3 is 2.81 bits per heavy atom. The molecule has 1 atom stereocenters. The van der Waals surface area contributed by atoms with Crippen LogP contribution in [0.15, 0.2) is 18.2 Å². The SMILES string of the molecule is CCc1nc2c(C(=O)O)cccc2n1C1CCS(=O)(=O)C1. The largest absolute Gasteiger partial charge is 0.478 e. The third-order valence-corrected chi connectivity index (χ3v) is 5.66. The molecule has 1 aromatic carbocycles. The van der Waals surface area contributed by atoms with E-state index in [9.17, 15) is 18.3 Å². The maximum Gasteiger partial charge on any atom is 0.337 e. The maximum atomic E-state index is 11.7. The number of nitrogens with zero attached hydrogens (tertiary/aromatic N) is 2. The van der Waals surface area contributed by atoms with Crippen LogP contribution in [0.5, 0.6) is 0 Å². The number of aromatic nitrogens is 2. The number of fused-ring (bicyclic) bond motifs is 1. The first-order chi connectivity index (χ1) is 9.93. The van der Waals surface area contributed by atoms with Gasteiger partial charge in [-0.1, -0.05) is 13.0 Å². The van der Waals surface area contributed by atoms with E-state index in [2.05, 4.69) is 4.98 Å². The number of carboxylic acid groups (broad SMARTS) is 1. The number of hydrogen-bond acceptors (Lipinski definition) is 4. The number of hydrogen-bond donors (Lipinski definition) is 1. The predicted octanol–water partition coefficient (Wildman–Crippen LogP) is 1.66. The number of aromatic carboxylic acids is 1. The summed E-state index contributed by atoms with van der Waals surface area (Å²) in [5, 5.41) is 9.26. The van der Waals surface area contributed by atoms with Crippen LogP contribution in [0, 0.1) is 0 Å². The summed E-state index contributed by atoms with van der Waals surface area (Å²) < 4.78 is 25.3. The summed E-state index contributed by atoms with van der Waals surface area (Å²) in [4.78, 5) is 15.7. The fourth-order valence-electron chi connectivity index (χ4n) is 2.97. The summed E-state index contributed by atoms with van der Waals surface area (Å²) >= 11 is 0. The third kappa shape index (κ3) is 2.31. The number of benzene rings is 1. The van der Waals surface area contributed by atoms with Gasteiger partial charge in [-0.15, -0.1) is 0 Å². The van der Waals surface area contributed by atoms with Crippen LogP contribution in [0.25, 0.3) is 11.0 Å². The Balaban J connectivity index is 2.22. The molecule has 1 N–H and O–H groups in total. The van der Waals surface area contributed by atoms with Crippen LogP contribution in [0.2, 0.25) is 0 Å². The van der Waals surface area contributed by atoms with E-state index in [1.165, 1.54) is 6.07 Å². The summed E-state index contributed by atoms with van der Waals surface area (Å²) in [6.45, 7) is 1.93. The minimum atomic E-state index is -3.01. The number of imidazole rings is 1. The van der Waals surface area contributed by atoms with Crippen molar-refractivity contribution in [2.75, 3.05) is 11.5 Å². The molecule has 1 fully saturated rings. The predicted molar refractivity (Wildman–Crippen MR) is 78.4 cm³/mol. The van der Waals surface area contributed by atoms with Gasteiger partial charge in [-0.2, -0.15) is 0 Å². The zero-order valence-corrected chi connectivity index (χ0v) is 12.4. The zero-order valence-electron chi connectivity index (χ0n) is 11.6. The Kier molecular flexibility index (Phi) is 3.24. The van der Waals surface area contributed by atoms with Gasteiger partial charge in [0.15, 0.2) is 9.84 Å². The third-order valence-electron chi connectivity index (χ3n) is 3.91. The van der Waals surface area contributed by atoms with E-state index < -0.39 is 15.8 Å². The highest BCUT2D eigenvalue weighted by Crippen LogP contribution is 2.30. The molecule has 21 heavy (non-hydrogen) atoms. The standard InChI is InChI=1S/C14H16N2O4S/c1-2-12-15-13-10(14(17)18)4-3-5-11(13)16(12)9-6-7-21(19,20)8-9/h3-5,9H,2,6-8H2,1H3,(H,17,18). The van der Waals surface area contributed by atoms with Crippen LogP contribution in [0.1, 0.15) is 35.6 Å². The molecule has 1 aliphatic rings. The maximum absolute atomic E-state index is 11.7. The van der Waals surface area contributed by atoms with E-state index >= 15 is 0 Å². The highest BCUT2D eigenvalue weighted by Gasteiger charge is 2.31. The lowest BCUT2D eigenvalue weighted by atomic mass is 10.1. The topological polar surface area (TPSA) is 89.3 Å². The molecule has 1 unspecified atom stereocenters. The van der Waals surface area contributed by atoms with Crippen LogP contribution in [0.3, 0.4) is 0 Å². The van der Waals surface area contributed by atoms with Gasteiger partial charge in [0.25, 0.3) is 0 Å². The summed E-state index contributed by atoms with van der Waals surface area (Å²) in [5.41, 5.74) is 1.29. The van der Waals surface area contributed by atoms with Crippen LogP contribution in [0.4, 0.5) is 0 Å². The first-order valence-electron chi connectivity index (χ1n) is 6.86. The fourth-order valence-corrected chi connectivity index (χ4v) is 4.67. The average molecular weight is 308 g/mol. The van der Waals surface area contributed by atoms with Gasteiger partial charge in [-0.25, -0.2) is 18.2 Å². The molecule has 2 heterocycles. The van der Waals surface area contributed by atoms with Crippen molar-refractivity contribution in [2.45, 2.75) is 25.8 Å². The molecule has 6 nitrogen and oxygen atoms in total. The molecular weight excluding hydrogens is 292 g/mol. The second-order valence-corrected chi connectivity index (χ2v) is 7.52. The summed E-state index contributed by atoms with van der Waals surface area (Å²) in [6, 6.07) is 4.84. The number of carboxylic acids is 1. The second kappa shape index (κ2) is 4.84. The Labute approximate surface area is 122 Å². The lowest BCUT2D eigenvalue weighted by Crippen LogP contribution is -2.13. The molecule has 0 spiro atoms. The molecule has 7 heteroatoms. The Morgan fingerprint density at radius 2 is 2.24 bits per heavy atom. The normalized spacial score (nSPS) is 20.9. The zero-order chi connectivity index (χ0) is 15.2. The first kappa shape index (κ1) is 14.1. The van der Waals surface area contributed by atoms with Crippen LogP contribution >= 0.6 is 0 Å². The quantitative estimate of drug-likeness (QED) is 0.931. The van der Waals surface area contributed by atoms with Gasteiger partial charge >= 0.3 is 5.97 Å². The molecule has 1 saturated heterocycles. The molecule has 1 aromatic heterocycles. The van der Waals surface area contributed by atoms with Gasteiger partial charge in [0.1, 0.15) is 11.3 Å². The smallest absolute Gasteiger partial charge is 0.337 e. The van der Waals surface area contributed by atoms with Gasteiger partial charge in [0.05, 0.1) is 28.6 Å². The van der Waals surface area contributed by atoms with E-state index in [-0.39, 0.29) is 23.1 Å². The van der Waals surface area contributed by atoms with Gasteiger partial charge in [-0.3, -0.25) is 0 Å². The van der Waals surface area contributed by atoms with E-state index in [0.717, 1.165) is 5.82 Å². The van der Waals surface area contributed by atoms with Crippen LogP contribution in [-0.2, 0) is 16.3 Å². The number of rotatable bonds is 3. The van der Waals surface area contributed by atoms with E-state index in [4.69, 9.17) is 0 Å². The minimum absolute atomic E-state index is 0.1000. The van der Waals surface area contributed by atoms with Gasteiger partial charge in [0, 0.05) is 6.42 Å². The Bertz CT molecular complexity index is 823. The Hall–Kier alpha value is -1.89. The van der Waals surface area contributed by atoms with Crippen molar-refractivity contribution in [3.8, 4) is 0 Å². The van der Waals surface area contributed by atoms with E-state index in [1.807, 2.05) is 11.5 Å². The average Bonchev–Trinajstić information content (AvgIpc) is 2.97. The van der Waals surface area contributed by atoms with Crippen molar-refractivity contribution in [1.82, 2.24) is 9.55 Å². The van der Waals surface area contributed by atoms with Crippen molar-refractivity contribution in [2.24, 2.45) is 0 Å². The van der Waals surface area contributed by atoms with Gasteiger partial charge < -0.3 is 9.67 Å². The van der Waals surface area contributed by atoms with Crippen molar-refractivity contribution in [1.29, 1.82) is 0 Å². The number of aryl methyl sites for hydroxylation is 1. The number of sulfone groups is 1. The van der Waals surface area contributed by atoms with E-state index in [0.29, 0.717) is 23.9 Å². The molecule has 0 radical (unpaired) electrons. The minimum Gasteiger partial charge on any atom is -0.478 e. The molecule has 0 saturated carbocycles. The molecular formula is C14H16N2O4S. The van der Waals surface area contributed by atoms with Crippen molar-refractivity contribution in [3.05, 3.63) is 29.6 Å². The fraction of sp³-hybridized carbons (Fsp3) is 0.429. The highest BCUT2D eigenvalue weighted by atomic mass is 32.2. The van der Waals surface area contributed by atoms with Crippen molar-refractivity contribution < 1.29 is 18.3 Å². The second-order valence-electron chi connectivity index (χ2n) is 5.29. The number of carbonyl (C=O) groups is 1. The summed E-state index contributed by atoms with van der Waals surface area (Å²) in [7, 11) is -3.01. The molecule has 3 rings (SSSR count). The number of para-hydroxylation sites is 1. The molecule has 0 aliphatic carbocycles. The Morgan fingerprint density at radius 1 is 1.48 bits per heavy atom. The molecule has 2 aromatic rings. The van der Waals surface area contributed by atoms with Gasteiger partial charge in [0.2, 0.25) is 0 Å². The summed E-state index contributed by atoms with van der Waals surface area (Å²) in [6.07, 6.45) is 1.18. The van der Waals surface area contributed by atoms with Crippen LogP contribution < -0.4 is 0 Å².